The van der Waals surface area contributed by atoms with Crippen LogP contribution in [0.5, 0.6) is 0 Å². The van der Waals surface area contributed by atoms with E-state index in [-0.39, 0.29) is 47.9 Å². The maximum Gasteiger partial charge on any atom is 0.237 e. The van der Waals surface area contributed by atoms with Crippen LogP contribution in [-0.2, 0) is 9.59 Å². The minimum Gasteiger partial charge on any atom is -0.352 e. The predicted molar refractivity (Wildman–Crippen MR) is 117 cm³/mol. The monoisotopic (exact) mass is 452 g/mol. The van der Waals surface area contributed by atoms with Gasteiger partial charge in [-0.1, -0.05) is 6.92 Å². The van der Waals surface area contributed by atoms with Gasteiger partial charge in [-0.25, -0.2) is 8.78 Å². The van der Waals surface area contributed by atoms with Crippen LogP contribution in [0.2, 0.25) is 0 Å². The highest BCUT2D eigenvalue weighted by molar-refractivity contribution is 5.82. The number of fused-ring (bicyclic) bond motifs is 2. The first-order chi connectivity index (χ1) is 15.3. The van der Waals surface area contributed by atoms with Gasteiger partial charge in [0.1, 0.15) is 12.3 Å². The van der Waals surface area contributed by atoms with Crippen LogP contribution < -0.4 is 10.6 Å². The molecule has 0 aromatic rings. The molecule has 0 aromatic carbocycles. The fourth-order valence-electron chi connectivity index (χ4n) is 7.58. The molecule has 6 nitrogen and oxygen atoms in total. The molecular formula is C24H38F2N4O2. The van der Waals surface area contributed by atoms with Gasteiger partial charge in [-0.05, 0) is 57.3 Å². The molecule has 8 heteroatoms. The summed E-state index contributed by atoms with van der Waals surface area (Å²) in [6.45, 7) is 5.45. The molecule has 10 atom stereocenters. The number of rotatable bonds is 3. The lowest BCUT2D eigenvalue weighted by Gasteiger charge is -2.40. The van der Waals surface area contributed by atoms with Crippen molar-refractivity contribution in [2.75, 3.05) is 13.1 Å². The van der Waals surface area contributed by atoms with Gasteiger partial charge in [-0.3, -0.25) is 14.5 Å². The molecule has 3 saturated heterocycles. The zero-order chi connectivity index (χ0) is 22.6. The van der Waals surface area contributed by atoms with Crippen molar-refractivity contribution in [2.24, 2.45) is 11.8 Å². The molecule has 3 heterocycles. The fraction of sp³-hybridized carbons (Fsp3) is 0.917. The molecule has 2 N–H and O–H groups in total. The van der Waals surface area contributed by atoms with Gasteiger partial charge in [-0.15, -0.1) is 0 Å². The Kier molecular flexibility index (Phi) is 6.20. The number of nitrogens with zero attached hydrogens (tertiary/aromatic N) is 2. The number of amides is 2. The lowest BCUT2D eigenvalue weighted by Crippen LogP contribution is -2.53. The van der Waals surface area contributed by atoms with E-state index in [1.807, 2.05) is 4.90 Å². The molecule has 0 spiro atoms. The molecule has 0 bridgehead atoms. The summed E-state index contributed by atoms with van der Waals surface area (Å²) < 4.78 is 29.2. The zero-order valence-corrected chi connectivity index (χ0v) is 19.3. The summed E-state index contributed by atoms with van der Waals surface area (Å²) >= 11 is 0. The van der Waals surface area contributed by atoms with Gasteiger partial charge in [-0.2, -0.15) is 0 Å². The van der Waals surface area contributed by atoms with E-state index in [2.05, 4.69) is 22.5 Å². The summed E-state index contributed by atoms with van der Waals surface area (Å²) in [6, 6.07) is 0.160. The van der Waals surface area contributed by atoms with Gasteiger partial charge in [0, 0.05) is 56.1 Å². The highest BCUT2D eigenvalue weighted by atomic mass is 19.1. The third kappa shape index (κ3) is 4.06. The molecule has 8 unspecified atom stereocenters. The van der Waals surface area contributed by atoms with Crippen LogP contribution in [0.1, 0.15) is 65.2 Å². The van der Waals surface area contributed by atoms with E-state index in [0.717, 1.165) is 38.8 Å². The Balaban J connectivity index is 1.19. The first-order valence-corrected chi connectivity index (χ1v) is 12.7. The number of nitrogens with one attached hydrogen (secondary N) is 2. The van der Waals surface area contributed by atoms with Crippen LogP contribution in [-0.4, -0.2) is 83.3 Å². The maximum atomic E-state index is 14.7. The van der Waals surface area contributed by atoms with Gasteiger partial charge in [0.15, 0.2) is 0 Å². The third-order valence-electron chi connectivity index (χ3n) is 9.12. The summed E-state index contributed by atoms with van der Waals surface area (Å²) in [5.41, 5.74) is 0. The van der Waals surface area contributed by atoms with Crippen molar-refractivity contribution in [3.63, 3.8) is 0 Å². The summed E-state index contributed by atoms with van der Waals surface area (Å²) in [7, 11) is 0. The highest BCUT2D eigenvalue weighted by Gasteiger charge is 2.49. The van der Waals surface area contributed by atoms with E-state index in [9.17, 15) is 18.4 Å². The van der Waals surface area contributed by atoms with Crippen LogP contribution in [0.3, 0.4) is 0 Å². The Hall–Kier alpha value is -1.28. The summed E-state index contributed by atoms with van der Waals surface area (Å²) in [4.78, 5) is 29.3. The molecule has 5 aliphatic rings. The fourth-order valence-corrected chi connectivity index (χ4v) is 7.58. The standard InChI is InChI=1S/C24H38F2N4O2/c1-13-3-4-19(26)18-12-20(28-23(13)18)24(32)27-16-9-15(25)10-17(11-16)30-8-6-21-22(30)5-7-29(21)14(2)31/h13,15-23,28H,3-12H2,1-2H3,(H,27,32)/t13?,15?,16?,17?,18?,19?,20?,21-,22+,23?/m1/s1. The second-order valence-electron chi connectivity index (χ2n) is 11.0. The Morgan fingerprint density at radius 2 is 1.75 bits per heavy atom. The Morgan fingerprint density at radius 1 is 0.969 bits per heavy atom. The molecular weight excluding hydrogens is 414 g/mol. The van der Waals surface area contributed by atoms with Crippen molar-refractivity contribution in [1.29, 1.82) is 0 Å². The van der Waals surface area contributed by atoms with Gasteiger partial charge >= 0.3 is 0 Å². The van der Waals surface area contributed by atoms with Crippen molar-refractivity contribution in [3.05, 3.63) is 0 Å². The molecule has 0 aromatic heterocycles. The third-order valence-corrected chi connectivity index (χ3v) is 9.12. The van der Waals surface area contributed by atoms with Gasteiger partial charge in [0.05, 0.1) is 6.04 Å². The van der Waals surface area contributed by atoms with E-state index in [1.165, 1.54) is 0 Å². The number of hydrogen-bond acceptors (Lipinski definition) is 4. The number of carbonyl (C=O) groups excluding carboxylic acids is 2. The molecule has 5 fully saturated rings. The van der Waals surface area contributed by atoms with E-state index in [4.69, 9.17) is 0 Å². The summed E-state index contributed by atoms with van der Waals surface area (Å²) in [5, 5.41) is 6.51. The van der Waals surface area contributed by atoms with E-state index in [0.29, 0.717) is 37.6 Å². The van der Waals surface area contributed by atoms with Crippen LogP contribution in [0.4, 0.5) is 8.78 Å². The highest BCUT2D eigenvalue weighted by Crippen LogP contribution is 2.39. The normalized spacial score (nSPS) is 46.7. The Labute approximate surface area is 189 Å². The second kappa shape index (κ2) is 8.82. The number of carbonyl (C=O) groups is 2. The summed E-state index contributed by atoms with van der Waals surface area (Å²) in [6.07, 6.45) is 3.72. The predicted octanol–water partition coefficient (Wildman–Crippen LogP) is 2.17. The average molecular weight is 453 g/mol. The largest absolute Gasteiger partial charge is 0.352 e. The van der Waals surface area contributed by atoms with Crippen molar-refractivity contribution in [3.8, 4) is 0 Å². The van der Waals surface area contributed by atoms with Crippen LogP contribution in [0, 0.1) is 11.8 Å². The molecule has 32 heavy (non-hydrogen) atoms. The van der Waals surface area contributed by atoms with Crippen LogP contribution >= 0.6 is 0 Å². The SMILES string of the molecule is CC(=O)N1CC[C@H]2[C@H]1CCN2C1CC(F)CC(NC(=O)C2CC3C(F)CCC(C)C3N2)C1. The topological polar surface area (TPSA) is 64.7 Å². The molecule has 5 rings (SSSR count). The minimum atomic E-state index is -0.933. The minimum absolute atomic E-state index is 0.0654. The molecule has 180 valence electrons. The van der Waals surface area contributed by atoms with Crippen molar-refractivity contribution in [1.82, 2.24) is 20.4 Å². The van der Waals surface area contributed by atoms with Crippen molar-refractivity contribution >= 4 is 11.8 Å². The van der Waals surface area contributed by atoms with E-state index < -0.39 is 12.3 Å². The van der Waals surface area contributed by atoms with Gasteiger partial charge in [0.2, 0.25) is 11.8 Å². The molecule has 0 radical (unpaired) electrons. The van der Waals surface area contributed by atoms with Gasteiger partial charge < -0.3 is 15.5 Å². The van der Waals surface area contributed by atoms with Crippen molar-refractivity contribution in [2.45, 2.75) is 114 Å². The lowest BCUT2D eigenvalue weighted by atomic mass is 9.77. The van der Waals surface area contributed by atoms with E-state index in [1.54, 1.807) is 6.92 Å². The molecule has 2 amide bonds. The first-order valence-electron chi connectivity index (χ1n) is 12.7. The summed E-state index contributed by atoms with van der Waals surface area (Å²) in [5.74, 6) is 0.323. The lowest BCUT2D eigenvalue weighted by molar-refractivity contribution is -0.129. The number of halogens is 2. The number of alkyl halides is 2. The van der Waals surface area contributed by atoms with Crippen molar-refractivity contribution < 1.29 is 18.4 Å². The first kappa shape index (κ1) is 22.5. The molecule has 2 saturated carbocycles. The van der Waals surface area contributed by atoms with Crippen LogP contribution in [0.15, 0.2) is 0 Å². The molecule has 3 aliphatic heterocycles. The average Bonchev–Trinajstić information content (AvgIpc) is 3.44. The number of likely N-dealkylation sites (tertiary alicyclic amines) is 2. The zero-order valence-electron chi connectivity index (χ0n) is 19.3. The Morgan fingerprint density at radius 3 is 2.50 bits per heavy atom. The Bertz CT molecular complexity index is 721. The maximum absolute atomic E-state index is 14.7. The quantitative estimate of drug-likeness (QED) is 0.689. The smallest absolute Gasteiger partial charge is 0.237 e. The van der Waals surface area contributed by atoms with E-state index >= 15 is 0 Å². The van der Waals surface area contributed by atoms with Crippen LogP contribution in [0.25, 0.3) is 0 Å². The van der Waals surface area contributed by atoms with Gasteiger partial charge in [0.25, 0.3) is 0 Å². The number of hydrogen-bond donors (Lipinski definition) is 2. The second-order valence-corrected chi connectivity index (χ2v) is 11.0. The molecule has 2 aliphatic carbocycles.